The summed E-state index contributed by atoms with van der Waals surface area (Å²) < 4.78 is 1.89. The van der Waals surface area contributed by atoms with Crippen molar-refractivity contribution in [2.45, 2.75) is 45.6 Å². The third kappa shape index (κ3) is 4.34. The molecule has 0 N–H and O–H groups in total. The standard InChI is InChI=1S/C20H33N5O2/c1-14-18(15(2)23(5)21-14)8-9-19(26)25-11-16-6-7-17(25)12-24(10-16)13-20(27)22(3)4/h16-17H,6-13H2,1-5H3/t16-,17+/m0/s1. The Hall–Kier alpha value is -1.89. The highest BCUT2D eigenvalue weighted by molar-refractivity contribution is 5.78. The van der Waals surface area contributed by atoms with E-state index in [-0.39, 0.29) is 17.9 Å². The molecule has 0 unspecified atom stereocenters. The van der Waals surface area contributed by atoms with E-state index >= 15 is 0 Å². The number of aromatic nitrogens is 2. The van der Waals surface area contributed by atoms with Crippen molar-refractivity contribution in [1.29, 1.82) is 0 Å². The first kappa shape index (κ1) is 19.9. The highest BCUT2D eigenvalue weighted by Crippen LogP contribution is 2.29. The summed E-state index contributed by atoms with van der Waals surface area (Å²) in [7, 11) is 5.55. The maximum atomic E-state index is 13.0. The fraction of sp³-hybridized carbons (Fsp3) is 0.750. The molecule has 1 aromatic rings. The molecule has 4 rings (SSSR count). The molecule has 3 aliphatic rings. The van der Waals surface area contributed by atoms with Gasteiger partial charge in [0, 0.05) is 58.9 Å². The van der Waals surface area contributed by atoms with E-state index in [0.717, 1.165) is 50.3 Å². The lowest BCUT2D eigenvalue weighted by atomic mass is 9.94. The number of fused-ring (bicyclic) bond motifs is 4. The van der Waals surface area contributed by atoms with Crippen LogP contribution in [-0.2, 0) is 23.1 Å². The molecule has 3 saturated heterocycles. The van der Waals surface area contributed by atoms with Gasteiger partial charge in [-0.3, -0.25) is 19.2 Å². The lowest BCUT2D eigenvalue weighted by Crippen LogP contribution is -2.48. The Morgan fingerprint density at radius 2 is 1.89 bits per heavy atom. The summed E-state index contributed by atoms with van der Waals surface area (Å²) in [6.07, 6.45) is 3.49. The highest BCUT2D eigenvalue weighted by Gasteiger charge is 2.37. The minimum atomic E-state index is 0.136. The molecule has 2 bridgehead atoms. The zero-order chi connectivity index (χ0) is 19.7. The molecule has 0 radical (unpaired) electrons. The third-order valence-electron chi connectivity index (χ3n) is 6.21. The zero-order valence-corrected chi connectivity index (χ0v) is 17.4. The summed E-state index contributed by atoms with van der Waals surface area (Å²) in [5, 5.41) is 4.46. The van der Waals surface area contributed by atoms with Crippen LogP contribution in [0, 0.1) is 19.8 Å². The second-order valence-electron chi connectivity index (χ2n) is 8.40. The van der Waals surface area contributed by atoms with Crippen molar-refractivity contribution in [3.05, 3.63) is 17.0 Å². The average molecular weight is 376 g/mol. The first-order valence-electron chi connectivity index (χ1n) is 9.97. The summed E-state index contributed by atoms with van der Waals surface area (Å²) in [5.41, 5.74) is 3.36. The molecule has 27 heavy (non-hydrogen) atoms. The molecule has 3 fully saturated rings. The largest absolute Gasteiger partial charge is 0.348 e. The van der Waals surface area contributed by atoms with Crippen LogP contribution in [0.4, 0.5) is 0 Å². The molecule has 0 aromatic carbocycles. The molecule has 7 nitrogen and oxygen atoms in total. The summed E-state index contributed by atoms with van der Waals surface area (Å²) in [5.74, 6) is 0.856. The van der Waals surface area contributed by atoms with E-state index < -0.39 is 0 Å². The fourth-order valence-electron chi connectivity index (χ4n) is 4.50. The summed E-state index contributed by atoms with van der Waals surface area (Å²) >= 11 is 0. The Labute approximate surface area is 162 Å². The van der Waals surface area contributed by atoms with E-state index in [4.69, 9.17) is 0 Å². The first-order chi connectivity index (χ1) is 12.8. The van der Waals surface area contributed by atoms with Gasteiger partial charge in [-0.05, 0) is 44.6 Å². The van der Waals surface area contributed by atoms with Crippen LogP contribution in [0.5, 0.6) is 0 Å². The molecule has 4 heterocycles. The van der Waals surface area contributed by atoms with E-state index in [0.29, 0.717) is 18.9 Å². The van der Waals surface area contributed by atoms with Crippen molar-refractivity contribution in [3.63, 3.8) is 0 Å². The van der Waals surface area contributed by atoms with Crippen LogP contribution in [-0.4, -0.2) is 82.6 Å². The number of carbonyl (C=O) groups is 2. The number of rotatable bonds is 5. The Kier molecular flexibility index (Phi) is 5.89. The van der Waals surface area contributed by atoms with Crippen LogP contribution in [0.3, 0.4) is 0 Å². The highest BCUT2D eigenvalue weighted by atomic mass is 16.2. The van der Waals surface area contributed by atoms with E-state index in [1.165, 1.54) is 5.56 Å². The minimum absolute atomic E-state index is 0.136. The molecule has 2 atom stereocenters. The van der Waals surface area contributed by atoms with E-state index in [1.54, 1.807) is 19.0 Å². The Morgan fingerprint density at radius 1 is 1.15 bits per heavy atom. The van der Waals surface area contributed by atoms with Gasteiger partial charge in [0.05, 0.1) is 12.2 Å². The maximum absolute atomic E-state index is 13.0. The monoisotopic (exact) mass is 375 g/mol. The SMILES string of the molecule is Cc1nn(C)c(C)c1CCC(=O)N1C[C@H]2CC[C@@H]1CN(CC(=O)N(C)C)C2. The molecule has 0 aliphatic carbocycles. The van der Waals surface area contributed by atoms with Crippen LogP contribution in [0.15, 0.2) is 0 Å². The molecule has 150 valence electrons. The molecule has 2 amide bonds. The maximum Gasteiger partial charge on any atom is 0.236 e. The molecular weight excluding hydrogens is 342 g/mol. The zero-order valence-electron chi connectivity index (χ0n) is 17.4. The molecule has 1 aromatic heterocycles. The van der Waals surface area contributed by atoms with Crippen molar-refractivity contribution in [1.82, 2.24) is 24.5 Å². The molecular formula is C20H33N5O2. The summed E-state index contributed by atoms with van der Waals surface area (Å²) in [6, 6.07) is 0.238. The van der Waals surface area contributed by atoms with Gasteiger partial charge in [0.25, 0.3) is 0 Å². The number of nitrogens with zero attached hydrogens (tertiary/aromatic N) is 5. The fourth-order valence-corrected chi connectivity index (χ4v) is 4.50. The van der Waals surface area contributed by atoms with Crippen LogP contribution in [0.1, 0.15) is 36.2 Å². The van der Waals surface area contributed by atoms with Crippen molar-refractivity contribution in [2.75, 3.05) is 40.3 Å². The number of piperidine rings is 1. The van der Waals surface area contributed by atoms with Gasteiger partial charge < -0.3 is 9.80 Å². The van der Waals surface area contributed by atoms with Gasteiger partial charge in [-0.25, -0.2) is 0 Å². The van der Waals surface area contributed by atoms with Crippen molar-refractivity contribution in [3.8, 4) is 0 Å². The van der Waals surface area contributed by atoms with Crippen molar-refractivity contribution in [2.24, 2.45) is 13.0 Å². The predicted molar refractivity (Wildman–Crippen MR) is 104 cm³/mol. The minimum Gasteiger partial charge on any atom is -0.348 e. The number of aryl methyl sites for hydroxylation is 2. The Bertz CT molecular complexity index is 711. The Balaban J connectivity index is 1.62. The summed E-state index contributed by atoms with van der Waals surface area (Å²) in [6.45, 7) is 7.10. The predicted octanol–water partition coefficient (Wildman–Crippen LogP) is 0.981. The molecule has 0 spiro atoms. The van der Waals surface area contributed by atoms with Gasteiger partial charge in [0.15, 0.2) is 0 Å². The quantitative estimate of drug-likeness (QED) is 0.770. The summed E-state index contributed by atoms with van der Waals surface area (Å²) in [4.78, 5) is 31.1. The topological polar surface area (TPSA) is 61.7 Å². The third-order valence-corrected chi connectivity index (χ3v) is 6.21. The van der Waals surface area contributed by atoms with Gasteiger partial charge in [0.2, 0.25) is 11.8 Å². The van der Waals surface area contributed by atoms with Gasteiger partial charge in [-0.1, -0.05) is 0 Å². The number of amides is 2. The van der Waals surface area contributed by atoms with Gasteiger partial charge in [-0.2, -0.15) is 5.10 Å². The second-order valence-corrected chi connectivity index (χ2v) is 8.40. The normalized spacial score (nSPS) is 22.8. The number of hydrogen-bond donors (Lipinski definition) is 0. The average Bonchev–Trinajstić information content (AvgIpc) is 2.79. The Morgan fingerprint density at radius 3 is 2.52 bits per heavy atom. The van der Waals surface area contributed by atoms with Crippen LogP contribution in [0.25, 0.3) is 0 Å². The van der Waals surface area contributed by atoms with Gasteiger partial charge in [-0.15, -0.1) is 0 Å². The smallest absolute Gasteiger partial charge is 0.236 e. The lowest BCUT2D eigenvalue weighted by Gasteiger charge is -2.36. The molecule has 0 saturated carbocycles. The van der Waals surface area contributed by atoms with Crippen molar-refractivity contribution < 1.29 is 9.59 Å². The molecule has 7 heteroatoms. The number of likely N-dealkylation sites (N-methyl/N-ethyl adjacent to an activating group) is 1. The van der Waals surface area contributed by atoms with E-state index in [2.05, 4.69) is 21.8 Å². The number of hydrogen-bond acceptors (Lipinski definition) is 4. The van der Waals surface area contributed by atoms with E-state index in [1.807, 2.05) is 18.7 Å². The number of carbonyl (C=O) groups excluding carboxylic acids is 2. The van der Waals surface area contributed by atoms with Crippen LogP contribution in [0.2, 0.25) is 0 Å². The van der Waals surface area contributed by atoms with Crippen molar-refractivity contribution >= 4 is 11.8 Å². The molecule has 3 aliphatic heterocycles. The van der Waals surface area contributed by atoms with Gasteiger partial charge >= 0.3 is 0 Å². The van der Waals surface area contributed by atoms with Crippen LogP contribution < -0.4 is 0 Å². The van der Waals surface area contributed by atoms with Gasteiger partial charge in [0.1, 0.15) is 0 Å². The second kappa shape index (κ2) is 8.00. The lowest BCUT2D eigenvalue weighted by molar-refractivity contribution is -0.135. The first-order valence-corrected chi connectivity index (χ1v) is 9.97. The van der Waals surface area contributed by atoms with E-state index in [9.17, 15) is 9.59 Å². The van der Waals surface area contributed by atoms with Crippen LogP contribution >= 0.6 is 0 Å².